The lowest BCUT2D eigenvalue weighted by molar-refractivity contribution is 0.0698. The van der Waals surface area contributed by atoms with E-state index < -0.39 is 16.0 Å². The summed E-state index contributed by atoms with van der Waals surface area (Å²) < 4.78 is 27.2. The van der Waals surface area contributed by atoms with Crippen LogP contribution in [0.1, 0.15) is 20.8 Å². The van der Waals surface area contributed by atoms with Crippen molar-refractivity contribution >= 4 is 33.0 Å². The number of para-hydroxylation sites is 1. The number of anilines is 1. The van der Waals surface area contributed by atoms with Gasteiger partial charge in [-0.25, -0.2) is 13.2 Å². The van der Waals surface area contributed by atoms with E-state index in [2.05, 4.69) is 4.72 Å². The van der Waals surface area contributed by atoms with E-state index in [-0.39, 0.29) is 9.77 Å². The number of hydrogen-bond acceptors (Lipinski definition) is 4. The summed E-state index contributed by atoms with van der Waals surface area (Å²) in [5, 5.41) is 10.6. The summed E-state index contributed by atoms with van der Waals surface area (Å²) in [6.45, 7) is 3.35. The van der Waals surface area contributed by atoms with Crippen LogP contribution in [0, 0.1) is 13.8 Å². The maximum atomic E-state index is 12.4. The van der Waals surface area contributed by atoms with Crippen molar-refractivity contribution in [3.8, 4) is 0 Å². The smallest absolute Gasteiger partial charge is 0.347 e. The number of rotatable bonds is 4. The first kappa shape index (κ1) is 14.5. The van der Waals surface area contributed by atoms with Crippen molar-refractivity contribution < 1.29 is 18.3 Å². The number of carboxylic acid groups (broad SMARTS) is 1. The first-order valence-corrected chi connectivity index (χ1v) is 8.09. The molecule has 2 aromatic rings. The fraction of sp³-hybridized carbons (Fsp3) is 0.154. The maximum absolute atomic E-state index is 12.4. The first-order valence-electron chi connectivity index (χ1n) is 5.73. The van der Waals surface area contributed by atoms with Crippen LogP contribution in [-0.2, 0) is 10.0 Å². The molecule has 0 spiro atoms. The lowest BCUT2D eigenvalue weighted by atomic mass is 10.2. The Balaban J connectivity index is 2.49. The second-order valence-corrected chi connectivity index (χ2v) is 6.80. The highest BCUT2D eigenvalue weighted by Gasteiger charge is 2.27. The number of sulfonamides is 1. The normalized spacial score (nSPS) is 11.3. The fourth-order valence-corrected chi connectivity index (χ4v) is 4.56. The molecule has 0 aliphatic carbocycles. The Morgan fingerprint density at radius 1 is 1.20 bits per heavy atom. The van der Waals surface area contributed by atoms with Gasteiger partial charge in [-0.1, -0.05) is 18.2 Å². The molecule has 1 aromatic carbocycles. The molecule has 1 heterocycles. The molecule has 0 atom stereocenters. The van der Waals surface area contributed by atoms with Crippen LogP contribution in [0.2, 0.25) is 0 Å². The summed E-state index contributed by atoms with van der Waals surface area (Å²) in [5.41, 5.74) is 1.63. The van der Waals surface area contributed by atoms with E-state index in [4.69, 9.17) is 5.11 Å². The minimum atomic E-state index is -3.92. The van der Waals surface area contributed by atoms with Crippen LogP contribution in [0.5, 0.6) is 0 Å². The molecule has 0 aliphatic heterocycles. The van der Waals surface area contributed by atoms with Gasteiger partial charge in [0.05, 0.1) is 5.69 Å². The van der Waals surface area contributed by atoms with Gasteiger partial charge in [0.1, 0.15) is 9.77 Å². The molecule has 0 bridgehead atoms. The number of thiophene rings is 1. The van der Waals surface area contributed by atoms with E-state index in [1.165, 1.54) is 5.38 Å². The largest absolute Gasteiger partial charge is 0.477 e. The monoisotopic (exact) mass is 311 g/mol. The van der Waals surface area contributed by atoms with Crippen LogP contribution in [-0.4, -0.2) is 19.5 Å². The van der Waals surface area contributed by atoms with Crippen LogP contribution in [0.15, 0.2) is 34.5 Å². The van der Waals surface area contributed by atoms with Gasteiger partial charge in [0, 0.05) is 0 Å². The number of hydrogen-bond donors (Lipinski definition) is 2. The molecular weight excluding hydrogens is 298 g/mol. The van der Waals surface area contributed by atoms with E-state index in [0.29, 0.717) is 11.3 Å². The van der Waals surface area contributed by atoms with Gasteiger partial charge in [-0.15, -0.1) is 11.3 Å². The van der Waals surface area contributed by atoms with Gasteiger partial charge < -0.3 is 5.11 Å². The molecule has 1 aromatic heterocycles. The third-order valence-electron chi connectivity index (χ3n) is 2.77. The molecule has 0 amide bonds. The lowest BCUT2D eigenvalue weighted by Crippen LogP contribution is -2.16. The van der Waals surface area contributed by atoms with Gasteiger partial charge in [-0.2, -0.15) is 0 Å². The van der Waals surface area contributed by atoms with Crippen LogP contribution in [0.3, 0.4) is 0 Å². The standard InChI is InChI=1S/C13H13NO4S2/c1-8-5-3-4-6-10(8)14-20(17,18)12-9(2)7-19-11(12)13(15)16/h3-7,14H,1-2H3,(H,15,16). The summed E-state index contributed by atoms with van der Waals surface area (Å²) >= 11 is 0.907. The van der Waals surface area contributed by atoms with Crippen molar-refractivity contribution in [1.29, 1.82) is 0 Å². The zero-order valence-electron chi connectivity index (χ0n) is 10.9. The Morgan fingerprint density at radius 2 is 1.85 bits per heavy atom. The first-order chi connectivity index (χ1) is 9.33. The minimum absolute atomic E-state index is 0.168. The van der Waals surface area contributed by atoms with Crippen molar-refractivity contribution in [3.05, 3.63) is 45.6 Å². The van der Waals surface area contributed by atoms with E-state index >= 15 is 0 Å². The van der Waals surface area contributed by atoms with Crippen LogP contribution in [0.25, 0.3) is 0 Å². The van der Waals surface area contributed by atoms with E-state index in [9.17, 15) is 13.2 Å². The zero-order valence-corrected chi connectivity index (χ0v) is 12.5. The van der Waals surface area contributed by atoms with Crippen LogP contribution in [0.4, 0.5) is 5.69 Å². The second kappa shape index (κ2) is 5.26. The number of nitrogens with one attached hydrogen (secondary N) is 1. The minimum Gasteiger partial charge on any atom is -0.477 e. The lowest BCUT2D eigenvalue weighted by Gasteiger charge is -2.11. The fourth-order valence-electron chi connectivity index (χ4n) is 1.80. The van der Waals surface area contributed by atoms with E-state index in [1.54, 1.807) is 38.1 Å². The predicted octanol–water partition coefficient (Wildman–Crippen LogP) is 2.86. The molecular formula is C13H13NO4S2. The molecule has 2 N–H and O–H groups in total. The number of benzene rings is 1. The van der Waals surface area contributed by atoms with Crippen molar-refractivity contribution in [2.45, 2.75) is 18.7 Å². The molecule has 0 saturated heterocycles. The molecule has 106 valence electrons. The Bertz CT molecular complexity index is 762. The van der Waals surface area contributed by atoms with E-state index in [0.717, 1.165) is 16.9 Å². The summed E-state index contributed by atoms with van der Waals surface area (Å²) in [4.78, 5) is 10.8. The molecule has 7 heteroatoms. The third-order valence-corrected chi connectivity index (χ3v) is 5.54. The summed E-state index contributed by atoms with van der Waals surface area (Å²) in [5.74, 6) is -1.24. The maximum Gasteiger partial charge on any atom is 0.347 e. The Kier molecular flexibility index (Phi) is 3.82. The Hall–Kier alpha value is -1.86. The summed E-state index contributed by atoms with van der Waals surface area (Å²) in [6.07, 6.45) is 0. The highest BCUT2D eigenvalue weighted by Crippen LogP contribution is 2.29. The summed E-state index contributed by atoms with van der Waals surface area (Å²) in [6, 6.07) is 6.92. The van der Waals surface area contributed by atoms with Crippen molar-refractivity contribution in [3.63, 3.8) is 0 Å². The highest BCUT2D eigenvalue weighted by atomic mass is 32.2. The number of aryl methyl sites for hydroxylation is 2. The Labute approximate surface area is 120 Å². The molecule has 2 rings (SSSR count). The highest BCUT2D eigenvalue weighted by molar-refractivity contribution is 7.93. The molecule has 0 saturated carbocycles. The zero-order chi connectivity index (χ0) is 14.9. The van der Waals surface area contributed by atoms with Gasteiger partial charge in [0.25, 0.3) is 10.0 Å². The average molecular weight is 311 g/mol. The van der Waals surface area contributed by atoms with Crippen molar-refractivity contribution in [2.75, 3.05) is 4.72 Å². The molecule has 20 heavy (non-hydrogen) atoms. The number of aromatic carboxylic acids is 1. The molecule has 0 unspecified atom stereocenters. The van der Waals surface area contributed by atoms with Gasteiger partial charge in [0.2, 0.25) is 0 Å². The van der Waals surface area contributed by atoms with Crippen LogP contribution < -0.4 is 4.72 Å². The topological polar surface area (TPSA) is 83.5 Å². The molecule has 0 aliphatic rings. The van der Waals surface area contributed by atoms with Crippen molar-refractivity contribution in [2.24, 2.45) is 0 Å². The number of carbonyl (C=O) groups is 1. The molecule has 0 radical (unpaired) electrons. The van der Waals surface area contributed by atoms with Gasteiger partial charge >= 0.3 is 5.97 Å². The quantitative estimate of drug-likeness (QED) is 0.909. The van der Waals surface area contributed by atoms with Gasteiger partial charge in [-0.3, -0.25) is 4.72 Å². The van der Waals surface area contributed by atoms with Crippen molar-refractivity contribution in [1.82, 2.24) is 0 Å². The van der Waals surface area contributed by atoms with Gasteiger partial charge in [-0.05, 0) is 36.4 Å². The molecule has 0 fully saturated rings. The van der Waals surface area contributed by atoms with Crippen LogP contribution >= 0.6 is 11.3 Å². The SMILES string of the molecule is Cc1ccccc1NS(=O)(=O)c1c(C)csc1C(=O)O. The molecule has 5 nitrogen and oxygen atoms in total. The van der Waals surface area contributed by atoms with Gasteiger partial charge in [0.15, 0.2) is 0 Å². The average Bonchev–Trinajstić information content (AvgIpc) is 2.75. The Morgan fingerprint density at radius 3 is 2.45 bits per heavy atom. The summed E-state index contributed by atoms with van der Waals surface area (Å²) in [7, 11) is -3.92. The second-order valence-electron chi connectivity index (χ2n) is 4.30. The van der Waals surface area contributed by atoms with E-state index in [1.807, 2.05) is 0 Å². The number of carboxylic acids is 1. The third kappa shape index (κ3) is 2.68. The predicted molar refractivity (Wildman–Crippen MR) is 78.0 cm³/mol.